The van der Waals surface area contributed by atoms with Gasteiger partial charge in [-0.1, -0.05) is 13.3 Å². The lowest BCUT2D eigenvalue weighted by atomic mass is 9.86. The highest BCUT2D eigenvalue weighted by molar-refractivity contribution is 4.99. The zero-order valence-electron chi connectivity index (χ0n) is 9.11. The van der Waals surface area contributed by atoms with Crippen molar-refractivity contribution in [1.29, 1.82) is 0 Å². The predicted molar refractivity (Wildman–Crippen MR) is 53.6 cm³/mol. The molecule has 0 radical (unpaired) electrons. The largest absolute Gasteiger partial charge is 0.389 e. The molecule has 2 N–H and O–H groups in total. The quantitative estimate of drug-likeness (QED) is 0.775. The highest BCUT2D eigenvalue weighted by Crippen LogP contribution is 2.25. The molecule has 0 spiro atoms. The van der Waals surface area contributed by atoms with Crippen LogP contribution in [0.4, 0.5) is 13.2 Å². The fourth-order valence-electron chi connectivity index (χ4n) is 2.16. The molecule has 1 heterocycles. The molecule has 1 aliphatic heterocycles. The Kier molecular flexibility index (Phi) is 4.00. The summed E-state index contributed by atoms with van der Waals surface area (Å²) in [5, 5.41) is 0. The van der Waals surface area contributed by atoms with Crippen molar-refractivity contribution in [2.75, 3.05) is 19.6 Å². The highest BCUT2D eigenvalue weighted by Gasteiger charge is 2.38. The van der Waals surface area contributed by atoms with Crippen LogP contribution in [0.15, 0.2) is 0 Å². The zero-order valence-corrected chi connectivity index (χ0v) is 9.11. The predicted octanol–water partition coefficient (Wildman–Crippen LogP) is 2.14. The molecule has 2 nitrogen and oxygen atoms in total. The van der Waals surface area contributed by atoms with E-state index in [9.17, 15) is 13.2 Å². The summed E-state index contributed by atoms with van der Waals surface area (Å²) in [5.41, 5.74) is 5.87. The minimum absolute atomic E-state index is 0.132. The number of halogens is 3. The molecule has 90 valence electrons. The van der Waals surface area contributed by atoms with Crippen molar-refractivity contribution in [3.8, 4) is 0 Å². The van der Waals surface area contributed by atoms with Gasteiger partial charge in [0.2, 0.25) is 0 Å². The van der Waals surface area contributed by atoms with E-state index < -0.39 is 12.6 Å². The van der Waals surface area contributed by atoms with Crippen LogP contribution in [-0.4, -0.2) is 36.2 Å². The summed E-state index contributed by atoms with van der Waals surface area (Å²) in [7, 11) is 0. The van der Waals surface area contributed by atoms with E-state index in [1.807, 2.05) is 4.90 Å². The van der Waals surface area contributed by atoms with Gasteiger partial charge in [0.1, 0.15) is 0 Å². The molecule has 0 saturated carbocycles. The number of rotatable bonds is 5. The Morgan fingerprint density at radius 3 is 2.40 bits per heavy atom. The molecule has 15 heavy (non-hydrogen) atoms. The summed E-state index contributed by atoms with van der Waals surface area (Å²) in [6.45, 7) is 4.08. The van der Waals surface area contributed by atoms with Crippen molar-refractivity contribution >= 4 is 0 Å². The molecule has 0 atom stereocenters. The highest BCUT2D eigenvalue weighted by atomic mass is 19.4. The van der Waals surface area contributed by atoms with E-state index in [4.69, 9.17) is 5.73 Å². The number of nitrogens with two attached hydrogens (primary N) is 1. The monoisotopic (exact) mass is 224 g/mol. The molecule has 0 amide bonds. The zero-order chi connectivity index (χ0) is 11.5. The third kappa shape index (κ3) is 4.38. The molecule has 1 saturated heterocycles. The van der Waals surface area contributed by atoms with Crippen molar-refractivity contribution in [2.45, 2.75) is 44.3 Å². The second-order valence-electron chi connectivity index (χ2n) is 4.54. The summed E-state index contributed by atoms with van der Waals surface area (Å²) in [6.07, 6.45) is -2.52. The smallest absolute Gasteiger partial charge is 0.323 e. The molecule has 0 unspecified atom stereocenters. The second kappa shape index (κ2) is 4.70. The maximum absolute atomic E-state index is 11.9. The van der Waals surface area contributed by atoms with Crippen LogP contribution in [0.2, 0.25) is 0 Å². The molecule has 1 fully saturated rings. The van der Waals surface area contributed by atoms with Crippen molar-refractivity contribution in [3.05, 3.63) is 0 Å². The lowest BCUT2D eigenvalue weighted by Gasteiger charge is -2.48. The molecule has 1 aliphatic rings. The van der Waals surface area contributed by atoms with Gasteiger partial charge in [0.05, 0.1) is 0 Å². The van der Waals surface area contributed by atoms with Crippen LogP contribution >= 0.6 is 0 Å². The van der Waals surface area contributed by atoms with Crippen molar-refractivity contribution < 1.29 is 13.2 Å². The summed E-state index contributed by atoms with van der Waals surface area (Å²) >= 11 is 0. The molecular formula is C10H19F3N2. The van der Waals surface area contributed by atoms with Gasteiger partial charge in [0.15, 0.2) is 0 Å². The Hall–Kier alpha value is -0.290. The lowest BCUT2D eigenvalue weighted by Crippen LogP contribution is -2.67. The first-order chi connectivity index (χ1) is 6.85. The summed E-state index contributed by atoms with van der Waals surface area (Å²) in [5.74, 6) is 0. The molecule has 1 rings (SSSR count). The topological polar surface area (TPSA) is 29.3 Å². The minimum Gasteiger partial charge on any atom is -0.323 e. The van der Waals surface area contributed by atoms with E-state index in [0.29, 0.717) is 6.54 Å². The standard InChI is InChI=1S/C10H19F3N2/c1-2-4-9(14)7-15(8-9)6-3-5-10(11,12)13/h2-8,14H2,1H3. The molecule has 0 bridgehead atoms. The van der Waals surface area contributed by atoms with Crippen molar-refractivity contribution in [3.63, 3.8) is 0 Å². The maximum atomic E-state index is 11.9. The van der Waals surface area contributed by atoms with Gasteiger partial charge in [-0.05, 0) is 19.4 Å². The molecule has 0 aliphatic carbocycles. The first-order valence-corrected chi connectivity index (χ1v) is 5.43. The van der Waals surface area contributed by atoms with E-state index in [0.717, 1.165) is 25.9 Å². The van der Waals surface area contributed by atoms with Crippen LogP contribution in [0.3, 0.4) is 0 Å². The summed E-state index contributed by atoms with van der Waals surface area (Å²) < 4.78 is 35.6. The summed E-state index contributed by atoms with van der Waals surface area (Å²) in [4.78, 5) is 2.00. The Bertz CT molecular complexity index is 197. The Morgan fingerprint density at radius 1 is 1.33 bits per heavy atom. The number of hydrogen-bond donors (Lipinski definition) is 1. The van der Waals surface area contributed by atoms with Crippen LogP contribution in [0, 0.1) is 0 Å². The van der Waals surface area contributed by atoms with E-state index in [2.05, 4.69) is 6.92 Å². The summed E-state index contributed by atoms with van der Waals surface area (Å²) in [6, 6.07) is 0. The van der Waals surface area contributed by atoms with Crippen molar-refractivity contribution in [2.24, 2.45) is 5.73 Å². The Balaban J connectivity index is 2.08. The van der Waals surface area contributed by atoms with E-state index >= 15 is 0 Å². The molecule has 5 heteroatoms. The first-order valence-electron chi connectivity index (χ1n) is 5.43. The minimum atomic E-state index is -4.02. The number of alkyl halides is 3. The third-order valence-electron chi connectivity index (χ3n) is 2.76. The van der Waals surface area contributed by atoms with Gasteiger partial charge in [-0.3, -0.25) is 4.90 Å². The van der Waals surface area contributed by atoms with Gasteiger partial charge in [-0.2, -0.15) is 13.2 Å². The molecule has 0 aromatic rings. The van der Waals surface area contributed by atoms with Crippen LogP contribution in [0.25, 0.3) is 0 Å². The number of hydrogen-bond acceptors (Lipinski definition) is 2. The molecule has 0 aromatic heterocycles. The van der Waals surface area contributed by atoms with Gasteiger partial charge in [0.25, 0.3) is 0 Å². The van der Waals surface area contributed by atoms with Gasteiger partial charge in [-0.25, -0.2) is 0 Å². The third-order valence-corrected chi connectivity index (χ3v) is 2.76. The van der Waals surface area contributed by atoms with Crippen LogP contribution in [-0.2, 0) is 0 Å². The van der Waals surface area contributed by atoms with E-state index in [-0.39, 0.29) is 12.0 Å². The average Bonchev–Trinajstić information content (AvgIpc) is 1.99. The van der Waals surface area contributed by atoms with Gasteiger partial charge in [-0.15, -0.1) is 0 Å². The molecular weight excluding hydrogens is 205 g/mol. The Morgan fingerprint density at radius 2 is 1.93 bits per heavy atom. The second-order valence-corrected chi connectivity index (χ2v) is 4.54. The maximum Gasteiger partial charge on any atom is 0.389 e. The fourth-order valence-corrected chi connectivity index (χ4v) is 2.16. The average molecular weight is 224 g/mol. The van der Waals surface area contributed by atoms with E-state index in [1.165, 1.54) is 0 Å². The molecule has 0 aromatic carbocycles. The number of likely N-dealkylation sites (tertiary alicyclic amines) is 1. The SMILES string of the molecule is CCCC1(N)CN(CCCC(F)(F)F)C1. The van der Waals surface area contributed by atoms with Gasteiger partial charge < -0.3 is 5.73 Å². The Labute approximate surface area is 88.6 Å². The van der Waals surface area contributed by atoms with Crippen molar-refractivity contribution in [1.82, 2.24) is 4.90 Å². The van der Waals surface area contributed by atoms with Gasteiger partial charge in [0, 0.05) is 25.0 Å². The van der Waals surface area contributed by atoms with Gasteiger partial charge >= 0.3 is 6.18 Å². The fraction of sp³-hybridized carbons (Fsp3) is 1.00. The van der Waals surface area contributed by atoms with Crippen LogP contribution < -0.4 is 5.73 Å². The normalized spacial score (nSPS) is 21.4. The first kappa shape index (κ1) is 12.8. The number of nitrogens with zero attached hydrogens (tertiary/aromatic N) is 1. The van der Waals surface area contributed by atoms with E-state index in [1.54, 1.807) is 0 Å². The lowest BCUT2D eigenvalue weighted by molar-refractivity contribution is -0.137. The van der Waals surface area contributed by atoms with Crippen LogP contribution in [0.5, 0.6) is 0 Å². The van der Waals surface area contributed by atoms with Crippen LogP contribution in [0.1, 0.15) is 32.6 Å².